The van der Waals surface area contributed by atoms with Crippen molar-refractivity contribution in [3.63, 3.8) is 0 Å². The van der Waals surface area contributed by atoms with Gasteiger partial charge in [0, 0.05) is 44.9 Å². The first-order chi connectivity index (χ1) is 12.2. The van der Waals surface area contributed by atoms with Crippen LogP contribution in [-0.4, -0.2) is 41.6 Å². The second kappa shape index (κ2) is 7.23. The topological polar surface area (TPSA) is 69.4 Å². The fourth-order valence-corrected chi connectivity index (χ4v) is 3.74. The van der Waals surface area contributed by atoms with Crippen LogP contribution < -0.4 is 5.32 Å². The SMILES string of the molecule is Cc1nc(-c2ccc(CNC3CCOC4(CCOCC4)C3)cc2)no1. The monoisotopic (exact) mass is 343 g/mol. The molecule has 1 aromatic heterocycles. The van der Waals surface area contributed by atoms with Crippen molar-refractivity contribution in [2.75, 3.05) is 19.8 Å². The summed E-state index contributed by atoms with van der Waals surface area (Å²) in [6.45, 7) is 5.15. The summed E-state index contributed by atoms with van der Waals surface area (Å²) in [6.07, 6.45) is 4.19. The molecule has 1 spiro atoms. The molecule has 1 aromatic carbocycles. The molecule has 0 amide bonds. The van der Waals surface area contributed by atoms with E-state index in [1.165, 1.54) is 5.56 Å². The largest absolute Gasteiger partial charge is 0.381 e. The van der Waals surface area contributed by atoms with E-state index in [9.17, 15) is 0 Å². The molecule has 1 N–H and O–H groups in total. The summed E-state index contributed by atoms with van der Waals surface area (Å²) in [6, 6.07) is 8.84. The third-order valence-electron chi connectivity index (χ3n) is 5.23. The second-order valence-electron chi connectivity index (χ2n) is 7.05. The summed E-state index contributed by atoms with van der Waals surface area (Å²) < 4.78 is 16.6. The van der Waals surface area contributed by atoms with Gasteiger partial charge in [0.2, 0.25) is 11.7 Å². The number of nitrogens with zero attached hydrogens (tertiary/aromatic N) is 2. The van der Waals surface area contributed by atoms with Crippen molar-refractivity contribution in [1.82, 2.24) is 15.5 Å². The minimum absolute atomic E-state index is 0.0362. The molecule has 6 nitrogen and oxygen atoms in total. The van der Waals surface area contributed by atoms with Crippen molar-refractivity contribution in [3.05, 3.63) is 35.7 Å². The van der Waals surface area contributed by atoms with Crippen LogP contribution in [0.15, 0.2) is 28.8 Å². The number of aromatic nitrogens is 2. The van der Waals surface area contributed by atoms with E-state index in [4.69, 9.17) is 14.0 Å². The number of aryl methyl sites for hydroxylation is 1. The van der Waals surface area contributed by atoms with Gasteiger partial charge in [-0.05, 0) is 31.2 Å². The van der Waals surface area contributed by atoms with Gasteiger partial charge in [0.1, 0.15) is 0 Å². The van der Waals surface area contributed by atoms with Gasteiger partial charge in [-0.25, -0.2) is 0 Å². The Kier molecular flexibility index (Phi) is 4.83. The Labute approximate surface area is 147 Å². The second-order valence-corrected chi connectivity index (χ2v) is 7.05. The predicted octanol–water partition coefficient (Wildman–Crippen LogP) is 2.86. The molecule has 2 aliphatic rings. The normalized spacial score (nSPS) is 23.0. The standard InChI is InChI=1S/C19H25N3O3/c1-14-21-18(22-25-14)16-4-2-15(3-5-16)13-20-17-6-9-24-19(12-17)7-10-23-11-8-19/h2-5,17,20H,6-13H2,1H3. The van der Waals surface area contributed by atoms with Gasteiger partial charge in [0.25, 0.3) is 0 Å². The molecule has 0 radical (unpaired) electrons. The maximum atomic E-state index is 6.11. The zero-order valence-electron chi connectivity index (χ0n) is 14.7. The molecular weight excluding hydrogens is 318 g/mol. The summed E-state index contributed by atoms with van der Waals surface area (Å²) in [4.78, 5) is 4.26. The highest BCUT2D eigenvalue weighted by molar-refractivity contribution is 5.54. The van der Waals surface area contributed by atoms with Gasteiger partial charge in [-0.15, -0.1) is 0 Å². The molecule has 2 aromatic rings. The highest BCUT2D eigenvalue weighted by Crippen LogP contribution is 2.34. The Morgan fingerprint density at radius 1 is 1.16 bits per heavy atom. The van der Waals surface area contributed by atoms with Crippen LogP contribution >= 0.6 is 0 Å². The van der Waals surface area contributed by atoms with E-state index in [0.29, 0.717) is 17.8 Å². The molecule has 0 aliphatic carbocycles. The highest BCUT2D eigenvalue weighted by atomic mass is 16.5. The van der Waals surface area contributed by atoms with E-state index in [0.717, 1.165) is 57.6 Å². The number of hydrogen-bond donors (Lipinski definition) is 1. The molecule has 1 atom stereocenters. The lowest BCUT2D eigenvalue weighted by atomic mass is 9.84. The predicted molar refractivity (Wildman–Crippen MR) is 93.1 cm³/mol. The van der Waals surface area contributed by atoms with E-state index < -0.39 is 0 Å². The number of hydrogen-bond acceptors (Lipinski definition) is 6. The van der Waals surface area contributed by atoms with Crippen LogP contribution in [0.25, 0.3) is 11.4 Å². The van der Waals surface area contributed by atoms with Crippen LogP contribution in [0.1, 0.15) is 37.1 Å². The minimum Gasteiger partial charge on any atom is -0.381 e. The molecule has 2 aliphatic heterocycles. The van der Waals surface area contributed by atoms with Crippen LogP contribution in [-0.2, 0) is 16.0 Å². The van der Waals surface area contributed by atoms with Gasteiger partial charge in [-0.1, -0.05) is 29.4 Å². The van der Waals surface area contributed by atoms with Crippen LogP contribution in [0, 0.1) is 6.92 Å². The lowest BCUT2D eigenvalue weighted by molar-refractivity contribution is -0.140. The van der Waals surface area contributed by atoms with Crippen molar-refractivity contribution in [1.29, 1.82) is 0 Å². The molecule has 134 valence electrons. The first-order valence-electron chi connectivity index (χ1n) is 9.07. The molecule has 1 unspecified atom stereocenters. The summed E-state index contributed by atoms with van der Waals surface area (Å²) >= 11 is 0. The van der Waals surface area contributed by atoms with Crippen LogP contribution in [0.3, 0.4) is 0 Å². The molecule has 0 bridgehead atoms. The average molecular weight is 343 g/mol. The molecular formula is C19H25N3O3. The van der Waals surface area contributed by atoms with Gasteiger partial charge >= 0.3 is 0 Å². The first kappa shape index (κ1) is 16.7. The molecule has 4 rings (SSSR count). The van der Waals surface area contributed by atoms with E-state index in [1.54, 1.807) is 6.92 Å². The van der Waals surface area contributed by atoms with Crippen molar-refractivity contribution in [3.8, 4) is 11.4 Å². The van der Waals surface area contributed by atoms with Crippen molar-refractivity contribution >= 4 is 0 Å². The number of ether oxygens (including phenoxy) is 2. The number of benzene rings is 1. The molecule has 2 fully saturated rings. The quantitative estimate of drug-likeness (QED) is 0.920. The lowest BCUT2D eigenvalue weighted by Gasteiger charge is -2.43. The van der Waals surface area contributed by atoms with Crippen LogP contribution in [0.2, 0.25) is 0 Å². The highest BCUT2D eigenvalue weighted by Gasteiger charge is 2.38. The minimum atomic E-state index is 0.0362. The maximum absolute atomic E-state index is 6.11. The Morgan fingerprint density at radius 2 is 1.96 bits per heavy atom. The van der Waals surface area contributed by atoms with Crippen LogP contribution in [0.4, 0.5) is 0 Å². The molecule has 0 saturated carbocycles. The van der Waals surface area contributed by atoms with E-state index >= 15 is 0 Å². The Bertz CT molecular complexity index is 687. The summed E-state index contributed by atoms with van der Waals surface area (Å²) in [5, 5.41) is 7.66. The molecule has 3 heterocycles. The fraction of sp³-hybridized carbons (Fsp3) is 0.579. The first-order valence-corrected chi connectivity index (χ1v) is 9.07. The van der Waals surface area contributed by atoms with E-state index in [2.05, 4.69) is 27.6 Å². The zero-order valence-corrected chi connectivity index (χ0v) is 14.7. The summed E-state index contributed by atoms with van der Waals surface area (Å²) in [7, 11) is 0. The van der Waals surface area contributed by atoms with Gasteiger partial charge in [-0.2, -0.15) is 4.98 Å². The average Bonchev–Trinajstić information content (AvgIpc) is 3.08. The maximum Gasteiger partial charge on any atom is 0.223 e. The van der Waals surface area contributed by atoms with Gasteiger partial charge in [0.05, 0.1) is 5.60 Å². The smallest absolute Gasteiger partial charge is 0.223 e. The Hall–Kier alpha value is -1.76. The lowest BCUT2D eigenvalue weighted by Crippen LogP contribution is -2.49. The van der Waals surface area contributed by atoms with Crippen LogP contribution in [0.5, 0.6) is 0 Å². The van der Waals surface area contributed by atoms with Gasteiger partial charge in [0.15, 0.2) is 0 Å². The summed E-state index contributed by atoms with van der Waals surface area (Å²) in [5.74, 6) is 1.23. The third kappa shape index (κ3) is 3.92. The number of rotatable bonds is 4. The zero-order chi connectivity index (χ0) is 17.1. The Morgan fingerprint density at radius 3 is 2.68 bits per heavy atom. The van der Waals surface area contributed by atoms with Crippen molar-refractivity contribution in [2.45, 2.75) is 50.8 Å². The van der Waals surface area contributed by atoms with E-state index in [1.807, 2.05) is 12.1 Å². The Balaban J connectivity index is 1.33. The third-order valence-corrected chi connectivity index (χ3v) is 5.23. The molecule has 25 heavy (non-hydrogen) atoms. The van der Waals surface area contributed by atoms with Gasteiger partial charge < -0.3 is 19.3 Å². The molecule has 2 saturated heterocycles. The van der Waals surface area contributed by atoms with Crippen molar-refractivity contribution in [2.24, 2.45) is 0 Å². The van der Waals surface area contributed by atoms with E-state index in [-0.39, 0.29) is 5.60 Å². The van der Waals surface area contributed by atoms with Crippen molar-refractivity contribution < 1.29 is 14.0 Å². The van der Waals surface area contributed by atoms with Gasteiger partial charge in [-0.3, -0.25) is 0 Å². The number of nitrogens with one attached hydrogen (secondary N) is 1. The summed E-state index contributed by atoms with van der Waals surface area (Å²) in [5.41, 5.74) is 2.28. The fourth-order valence-electron chi connectivity index (χ4n) is 3.74. The molecule has 6 heteroatoms.